The highest BCUT2D eigenvalue weighted by Gasteiger charge is 2.50. The molecule has 2 fully saturated rings. The first-order valence-electron chi connectivity index (χ1n) is 10.7. The monoisotopic (exact) mass is 646 g/mol. The van der Waals surface area contributed by atoms with Crippen LogP contribution in [-0.2, 0) is 40.8 Å². The molecule has 3 rings (SSSR count). The number of phosphoric ester groups is 2. The minimum Gasteiger partial charge on any atom is -0.394 e. The van der Waals surface area contributed by atoms with Crippen LogP contribution in [0.4, 0.5) is 0 Å². The van der Waals surface area contributed by atoms with Crippen LogP contribution in [0.3, 0.4) is 0 Å². The first kappa shape index (κ1) is 33.3. The molecule has 0 saturated carbocycles. The summed E-state index contributed by atoms with van der Waals surface area (Å²) < 4.78 is 63.4. The van der Waals surface area contributed by atoms with Gasteiger partial charge in [0.2, 0.25) is 0 Å². The van der Waals surface area contributed by atoms with Crippen molar-refractivity contribution in [2.75, 3.05) is 13.2 Å². The van der Waals surface area contributed by atoms with Gasteiger partial charge in [-0.2, -0.15) is 8.62 Å². The average molecular weight is 646 g/mol. The number of aromatic amines is 1. The Morgan fingerprint density at radius 3 is 2.02 bits per heavy atom. The van der Waals surface area contributed by atoms with Gasteiger partial charge in [0, 0.05) is 12.3 Å². The Kier molecular flexibility index (Phi) is 10.4. The Balaban J connectivity index is 1.60. The molecule has 0 bridgehead atoms. The molecule has 25 heteroatoms. The van der Waals surface area contributed by atoms with E-state index in [0.29, 0.717) is 4.57 Å². The van der Waals surface area contributed by atoms with Crippen molar-refractivity contribution >= 4 is 23.5 Å². The van der Waals surface area contributed by atoms with E-state index in [2.05, 4.69) is 17.7 Å². The lowest BCUT2D eigenvalue weighted by Crippen LogP contribution is -2.58. The van der Waals surface area contributed by atoms with Gasteiger partial charge in [0.1, 0.15) is 42.7 Å². The van der Waals surface area contributed by atoms with Crippen molar-refractivity contribution < 1.29 is 86.2 Å². The summed E-state index contributed by atoms with van der Waals surface area (Å²) >= 11 is 0. The standard InChI is InChI=1S/C15H25N2O20P3/c18-3-5-8(20)10(22)12(24)14(34-5)35-39(28,29)37-40(30,31)36-38(26,27)32-4-6-9(21)11(23)13(33-6)17-2-1-7(19)16-15(17)25/h1-2,5-6,8-14,18,20-24H,3-4H2,(H,26,27)(H,28,29)(H,30,31)(H,16,19,25)/t5-,6-,8-,9-,10+,11-,12-,13-,14-/m1/s1. The summed E-state index contributed by atoms with van der Waals surface area (Å²) in [4.78, 5) is 54.1. The molecule has 2 aliphatic rings. The van der Waals surface area contributed by atoms with Crippen molar-refractivity contribution in [3.8, 4) is 0 Å². The third-order valence-corrected chi connectivity index (χ3v) is 9.61. The zero-order valence-corrected chi connectivity index (χ0v) is 22.3. The van der Waals surface area contributed by atoms with Crippen LogP contribution in [0.25, 0.3) is 0 Å². The van der Waals surface area contributed by atoms with Gasteiger partial charge in [0.15, 0.2) is 12.5 Å². The summed E-state index contributed by atoms with van der Waals surface area (Å²) in [6.45, 7) is -2.11. The largest absolute Gasteiger partial charge is 0.490 e. The van der Waals surface area contributed by atoms with Crippen molar-refractivity contribution in [2.24, 2.45) is 0 Å². The summed E-state index contributed by atoms with van der Waals surface area (Å²) in [5.74, 6) is 0. The summed E-state index contributed by atoms with van der Waals surface area (Å²) in [5.41, 5.74) is -1.83. The van der Waals surface area contributed by atoms with Gasteiger partial charge in [-0.05, 0) is 0 Å². The number of nitrogens with one attached hydrogen (secondary N) is 1. The number of aliphatic hydroxyl groups excluding tert-OH is 6. The molecule has 230 valence electrons. The second kappa shape index (κ2) is 12.6. The average Bonchev–Trinajstić information content (AvgIpc) is 3.10. The normalized spacial score (nSPS) is 37.4. The zero-order valence-electron chi connectivity index (χ0n) is 19.6. The Labute approximate surface area is 221 Å². The summed E-state index contributed by atoms with van der Waals surface area (Å²) in [6.07, 6.45) is -16.2. The van der Waals surface area contributed by atoms with Gasteiger partial charge >= 0.3 is 29.2 Å². The molecule has 0 amide bonds. The molecule has 1 aromatic heterocycles. The number of H-pyrrole nitrogens is 1. The highest BCUT2D eigenvalue weighted by Crippen LogP contribution is 2.68. The van der Waals surface area contributed by atoms with Crippen molar-refractivity contribution in [3.63, 3.8) is 0 Å². The molecule has 12 atom stereocenters. The third-order valence-electron chi connectivity index (χ3n) is 5.36. The zero-order chi connectivity index (χ0) is 30.2. The maximum absolute atomic E-state index is 12.1. The van der Waals surface area contributed by atoms with E-state index in [4.69, 9.17) is 14.6 Å². The van der Waals surface area contributed by atoms with Gasteiger partial charge in [-0.1, -0.05) is 0 Å². The molecular formula is C15H25N2O20P3. The van der Waals surface area contributed by atoms with Crippen LogP contribution < -0.4 is 11.2 Å². The molecule has 2 aliphatic heterocycles. The first-order chi connectivity index (χ1) is 18.4. The summed E-state index contributed by atoms with van der Waals surface area (Å²) in [7, 11) is -17.6. The van der Waals surface area contributed by atoms with Crippen LogP contribution in [-0.4, -0.2) is 117 Å². The topological polar surface area (TPSA) is 344 Å². The molecule has 40 heavy (non-hydrogen) atoms. The Hall–Kier alpha value is -1.23. The number of phosphoric acid groups is 3. The van der Waals surface area contributed by atoms with Gasteiger partial charge in [-0.25, -0.2) is 18.5 Å². The molecule has 0 radical (unpaired) electrons. The number of aliphatic hydroxyl groups is 6. The van der Waals surface area contributed by atoms with Gasteiger partial charge in [0.05, 0.1) is 13.2 Å². The molecule has 3 unspecified atom stereocenters. The molecule has 22 nitrogen and oxygen atoms in total. The molecule has 0 aromatic carbocycles. The van der Waals surface area contributed by atoms with E-state index in [0.717, 1.165) is 12.3 Å². The van der Waals surface area contributed by atoms with Gasteiger partial charge in [0.25, 0.3) is 5.56 Å². The highest BCUT2D eigenvalue weighted by molar-refractivity contribution is 7.66. The molecular weight excluding hydrogens is 621 g/mol. The molecule has 0 aliphatic carbocycles. The highest BCUT2D eigenvalue weighted by atomic mass is 31.3. The lowest BCUT2D eigenvalue weighted by atomic mass is 10.00. The van der Waals surface area contributed by atoms with E-state index < -0.39 is 103 Å². The van der Waals surface area contributed by atoms with Crippen molar-refractivity contribution in [3.05, 3.63) is 33.1 Å². The number of rotatable bonds is 11. The van der Waals surface area contributed by atoms with E-state index in [9.17, 15) is 63.5 Å². The SMILES string of the molecule is O=c1ccn([C@@H]2O[C@H](COP(=O)(O)OP(=O)(O)OP(=O)(O)O[C@H]3O[C@H](CO)[C@@H](O)[C@H](O)[C@H]3O)[C@@H](O)[C@H]2O)c(=O)[nH]1. The minimum absolute atomic E-state index is 0.675. The summed E-state index contributed by atoms with van der Waals surface area (Å²) in [5, 5.41) is 58.5. The maximum atomic E-state index is 12.1. The van der Waals surface area contributed by atoms with Gasteiger partial charge < -0.3 is 54.8 Å². The molecule has 0 spiro atoms. The van der Waals surface area contributed by atoms with Crippen molar-refractivity contribution in [2.45, 2.75) is 55.2 Å². The number of hydrogen-bond donors (Lipinski definition) is 10. The van der Waals surface area contributed by atoms with E-state index in [1.54, 1.807) is 0 Å². The van der Waals surface area contributed by atoms with Crippen LogP contribution in [0, 0.1) is 0 Å². The fraction of sp³-hybridized carbons (Fsp3) is 0.733. The third kappa shape index (κ3) is 7.98. The van der Waals surface area contributed by atoms with Crippen molar-refractivity contribution in [1.29, 1.82) is 0 Å². The number of ether oxygens (including phenoxy) is 2. The van der Waals surface area contributed by atoms with E-state index >= 15 is 0 Å². The fourth-order valence-corrected chi connectivity index (χ4v) is 7.08. The van der Waals surface area contributed by atoms with E-state index in [-0.39, 0.29) is 0 Å². The van der Waals surface area contributed by atoms with Crippen LogP contribution in [0.1, 0.15) is 6.23 Å². The van der Waals surface area contributed by atoms with Crippen LogP contribution in [0.15, 0.2) is 21.9 Å². The molecule has 3 heterocycles. The fourth-order valence-electron chi connectivity index (χ4n) is 3.50. The van der Waals surface area contributed by atoms with Gasteiger partial charge in [-0.15, -0.1) is 0 Å². The lowest BCUT2D eigenvalue weighted by Gasteiger charge is -2.39. The Morgan fingerprint density at radius 1 is 0.825 bits per heavy atom. The molecule has 2 saturated heterocycles. The van der Waals surface area contributed by atoms with Crippen LogP contribution in [0.2, 0.25) is 0 Å². The predicted octanol–water partition coefficient (Wildman–Crippen LogP) is -4.68. The number of aromatic nitrogens is 2. The van der Waals surface area contributed by atoms with E-state index in [1.807, 2.05) is 4.98 Å². The Bertz CT molecular complexity index is 1300. The lowest BCUT2D eigenvalue weighted by molar-refractivity contribution is -0.280. The minimum atomic E-state index is -6.04. The number of nitrogens with zero attached hydrogens (tertiary/aromatic N) is 1. The summed E-state index contributed by atoms with van der Waals surface area (Å²) in [6, 6.07) is 0.892. The maximum Gasteiger partial charge on any atom is 0.490 e. The molecule has 1 aromatic rings. The van der Waals surface area contributed by atoms with Crippen LogP contribution >= 0.6 is 23.5 Å². The molecule has 10 N–H and O–H groups in total. The second-order valence-corrected chi connectivity index (χ2v) is 12.8. The van der Waals surface area contributed by atoms with Gasteiger partial charge in [-0.3, -0.25) is 23.4 Å². The quantitative estimate of drug-likeness (QED) is 0.101. The van der Waals surface area contributed by atoms with E-state index in [1.165, 1.54) is 0 Å². The van der Waals surface area contributed by atoms with Crippen molar-refractivity contribution in [1.82, 2.24) is 9.55 Å². The van der Waals surface area contributed by atoms with Crippen LogP contribution in [0.5, 0.6) is 0 Å². The first-order valence-corrected chi connectivity index (χ1v) is 15.2. The number of hydrogen-bond acceptors (Lipinski definition) is 17. The Morgan fingerprint density at radius 2 is 1.43 bits per heavy atom. The second-order valence-electron chi connectivity index (χ2n) is 8.23. The predicted molar refractivity (Wildman–Crippen MR) is 120 cm³/mol. The smallest absolute Gasteiger partial charge is 0.394 e.